The molecule has 0 nitrogen and oxygen atoms in total. The molecule has 0 aromatic heterocycles. The Balaban J connectivity index is 0.000000248. The number of thiol groups is 1. The van der Waals surface area contributed by atoms with E-state index in [-0.39, 0.29) is 34.1 Å². The third-order valence-corrected chi connectivity index (χ3v) is 6.49. The third-order valence-electron chi connectivity index (χ3n) is 6.12. The molecule has 0 N–H and O–H groups in total. The van der Waals surface area contributed by atoms with E-state index in [0.29, 0.717) is 0 Å². The van der Waals surface area contributed by atoms with Crippen LogP contribution in [0.3, 0.4) is 0 Å². The van der Waals surface area contributed by atoms with Gasteiger partial charge in [-0.3, -0.25) is 0 Å². The van der Waals surface area contributed by atoms with E-state index in [2.05, 4.69) is 162 Å². The van der Waals surface area contributed by atoms with Gasteiger partial charge in [-0.2, -0.15) is 12.6 Å². The minimum atomic E-state index is 0. The molecule has 4 aliphatic rings. The molecule has 20 radical (unpaired) electrons. The molecule has 42 heavy (non-hydrogen) atoms. The average Bonchev–Trinajstić information content (AvgIpc) is 3.85. The summed E-state index contributed by atoms with van der Waals surface area (Å²) in [5.41, 5.74) is 4.92. The molecule has 2 aromatic carbocycles. The molecule has 0 amide bonds. The van der Waals surface area contributed by atoms with Crippen LogP contribution in [0.5, 0.6) is 0 Å². The van der Waals surface area contributed by atoms with Crippen molar-refractivity contribution < 1.29 is 34.1 Å². The monoisotopic (exact) mass is 646 g/mol. The molecule has 0 saturated heterocycles. The number of benzene rings is 2. The van der Waals surface area contributed by atoms with E-state index in [4.69, 9.17) is 0 Å². The van der Waals surface area contributed by atoms with Gasteiger partial charge in [0.2, 0.25) is 0 Å². The smallest absolute Gasteiger partial charge is 0.175 e. The molecular weight excluding hydrogens is 612 g/mol. The summed E-state index contributed by atoms with van der Waals surface area (Å²) in [5.74, 6) is 4.52. The Hall–Kier alpha value is -0.951. The fourth-order valence-corrected chi connectivity index (χ4v) is 4.06. The topological polar surface area (TPSA) is 0 Å². The van der Waals surface area contributed by atoms with Crippen molar-refractivity contribution in [2.45, 2.75) is 5.75 Å². The van der Waals surface area contributed by atoms with E-state index >= 15 is 0 Å². The summed E-state index contributed by atoms with van der Waals surface area (Å²) in [7, 11) is 0. The van der Waals surface area contributed by atoms with Crippen molar-refractivity contribution in [1.82, 2.24) is 0 Å². The normalized spacial score (nSPS) is 19.5. The van der Waals surface area contributed by atoms with E-state index in [9.17, 15) is 0 Å². The quantitative estimate of drug-likeness (QED) is 0.225. The molecule has 0 bridgehead atoms. The van der Waals surface area contributed by atoms with Gasteiger partial charge in [-0.1, -0.05) is 85.0 Å². The summed E-state index contributed by atoms with van der Waals surface area (Å²) in [5, 5.41) is 0. The van der Waals surface area contributed by atoms with Crippen molar-refractivity contribution in [3.05, 3.63) is 216 Å². The van der Waals surface area contributed by atoms with Crippen LogP contribution in [-0.4, -0.2) is 0 Å². The van der Waals surface area contributed by atoms with Crippen LogP contribution in [0.15, 0.2) is 66.8 Å². The first-order valence-electron chi connectivity index (χ1n) is 13.4. The van der Waals surface area contributed by atoms with Crippen LogP contribution in [0.1, 0.15) is 22.3 Å². The molecule has 3 heteroatoms. The number of hydrogen-bond acceptors (Lipinski definition) is 1. The first-order chi connectivity index (χ1) is 19.8. The fraction of sp³-hybridized carbons (Fsp3) is 0.0256. The van der Waals surface area contributed by atoms with Crippen molar-refractivity contribution in [2.24, 2.45) is 0 Å². The molecular formula is C39H34Fe2S+4. The van der Waals surface area contributed by atoms with Crippen LogP contribution >= 0.6 is 12.6 Å². The Bertz CT molecular complexity index is 962. The maximum atomic E-state index is 4.23. The molecule has 4 aliphatic carbocycles. The van der Waals surface area contributed by atoms with Gasteiger partial charge in [0, 0.05) is 23.5 Å². The standard InChI is InChI=1S/C20H16.C14H13S.C5H5.2Fe/c1-2-6-17(5-1)9-11-19-13-15-20(16-14-19)12-10-18-7-3-4-8-18;15-11-14-9-7-13(8-10-14)6-5-12-3-1-2-4-12;1-2-4-5-3-1;;/h1-16H;1-10,15H,11H2;1-5H;;/q;;;2*+2/b11-9+,12-10+;6-5+;;;. The van der Waals surface area contributed by atoms with E-state index in [0.717, 1.165) is 5.75 Å². The molecule has 6 rings (SSSR count). The van der Waals surface area contributed by atoms with Crippen molar-refractivity contribution in [1.29, 1.82) is 0 Å². The van der Waals surface area contributed by atoms with Crippen molar-refractivity contribution in [3.8, 4) is 0 Å². The van der Waals surface area contributed by atoms with Gasteiger partial charge in [-0.15, -0.1) is 0 Å². The molecule has 208 valence electrons. The van der Waals surface area contributed by atoms with Crippen LogP contribution in [0, 0.1) is 127 Å². The predicted molar refractivity (Wildman–Crippen MR) is 176 cm³/mol. The van der Waals surface area contributed by atoms with Gasteiger partial charge in [0.25, 0.3) is 0 Å². The molecule has 0 unspecified atom stereocenters. The van der Waals surface area contributed by atoms with Crippen molar-refractivity contribution in [2.75, 3.05) is 0 Å². The largest absolute Gasteiger partial charge is 2.00 e. The Labute approximate surface area is 285 Å². The second kappa shape index (κ2) is 22.5. The molecule has 0 atom stereocenters. The van der Waals surface area contributed by atoms with E-state index in [1.807, 2.05) is 44.9 Å². The molecule has 4 fully saturated rings. The number of hydrogen-bond donors (Lipinski definition) is 1. The van der Waals surface area contributed by atoms with Gasteiger partial charge < -0.3 is 0 Å². The summed E-state index contributed by atoms with van der Waals surface area (Å²) in [6, 6.07) is 17.0. The first kappa shape index (κ1) is 37.2. The first-order valence-corrected chi connectivity index (χ1v) is 14.1. The molecule has 0 aliphatic heterocycles. The molecule has 0 heterocycles. The zero-order valence-electron chi connectivity index (χ0n) is 23.3. The summed E-state index contributed by atoms with van der Waals surface area (Å²) in [6.45, 7) is 0. The molecule has 4 saturated carbocycles. The third kappa shape index (κ3) is 14.7. The summed E-state index contributed by atoms with van der Waals surface area (Å²) >= 11 is 4.23. The second-order valence-corrected chi connectivity index (χ2v) is 9.50. The van der Waals surface area contributed by atoms with Crippen LogP contribution in [0.2, 0.25) is 0 Å². The minimum Gasteiger partial charge on any atom is -0.175 e. The van der Waals surface area contributed by atoms with Crippen LogP contribution in [0.4, 0.5) is 0 Å². The Morgan fingerprint density at radius 1 is 0.357 bits per heavy atom. The summed E-state index contributed by atoms with van der Waals surface area (Å²) < 4.78 is 0. The molecule has 2 aromatic rings. The van der Waals surface area contributed by atoms with Crippen LogP contribution in [0.25, 0.3) is 18.2 Å². The van der Waals surface area contributed by atoms with E-state index in [1.165, 1.54) is 40.0 Å². The minimum absolute atomic E-state index is 0. The summed E-state index contributed by atoms with van der Waals surface area (Å²) in [4.78, 5) is 0. The van der Waals surface area contributed by atoms with Gasteiger partial charge in [-0.25, -0.2) is 0 Å². The maximum Gasteiger partial charge on any atom is 2.00 e. The fourth-order valence-electron chi connectivity index (χ4n) is 3.85. The van der Waals surface area contributed by atoms with Gasteiger partial charge in [0.15, 0.2) is 0 Å². The van der Waals surface area contributed by atoms with Crippen molar-refractivity contribution in [3.63, 3.8) is 0 Å². The Morgan fingerprint density at radius 3 is 0.881 bits per heavy atom. The van der Waals surface area contributed by atoms with E-state index in [1.54, 1.807) is 0 Å². The Kier molecular flexibility index (Phi) is 20.0. The SMILES string of the molecule is SCc1ccc(/C=C/[C]2[CH][CH][CH][CH]2)cc1.[CH]1[CH][CH][CH][CH]1.[CH]1[CH][CH][C](/C=C/c2ccc(/C=C/[C]3[CH][CH][CH][CH]3)cc2)[CH]1.[Fe+2].[Fe+2]. The zero-order chi connectivity index (χ0) is 27.7. The number of rotatable bonds is 7. The number of allylic oxidation sites excluding steroid dienone is 3. The summed E-state index contributed by atoms with van der Waals surface area (Å²) in [6.07, 6.45) is 47.7. The average molecular weight is 646 g/mol. The van der Waals surface area contributed by atoms with Crippen molar-refractivity contribution >= 4 is 30.9 Å². The van der Waals surface area contributed by atoms with Gasteiger partial charge in [-0.05, 0) is 131 Å². The van der Waals surface area contributed by atoms with Gasteiger partial charge in [0.05, 0.1) is 0 Å². The van der Waals surface area contributed by atoms with E-state index < -0.39 is 0 Å². The second-order valence-electron chi connectivity index (χ2n) is 9.18. The molecule has 0 spiro atoms. The maximum absolute atomic E-state index is 4.23. The van der Waals surface area contributed by atoms with Crippen LogP contribution < -0.4 is 0 Å². The van der Waals surface area contributed by atoms with Gasteiger partial charge >= 0.3 is 34.1 Å². The predicted octanol–water partition coefficient (Wildman–Crippen LogP) is 9.07. The Morgan fingerprint density at radius 2 is 0.619 bits per heavy atom. The van der Waals surface area contributed by atoms with Gasteiger partial charge in [0.1, 0.15) is 0 Å². The zero-order valence-corrected chi connectivity index (χ0v) is 26.4. The van der Waals surface area contributed by atoms with Crippen LogP contribution in [-0.2, 0) is 39.9 Å².